The van der Waals surface area contributed by atoms with Crippen LogP contribution >= 0.6 is 11.8 Å². The molecular formula is C31H43F3N8O7S. The van der Waals surface area contributed by atoms with Crippen LogP contribution in [0.2, 0.25) is 0 Å². The lowest BCUT2D eigenvalue weighted by Gasteiger charge is -2.25. The highest BCUT2D eigenvalue weighted by Crippen LogP contribution is 2.36. The summed E-state index contributed by atoms with van der Waals surface area (Å²) in [5, 5.41) is 56.4. The number of hydrogen-bond donors (Lipinski definition) is 7. The van der Waals surface area contributed by atoms with Gasteiger partial charge in [-0.3, -0.25) is 4.79 Å². The van der Waals surface area contributed by atoms with Crippen LogP contribution in [0.3, 0.4) is 0 Å². The Hall–Kier alpha value is -3.75. The molecule has 2 aliphatic rings. The zero-order chi connectivity index (χ0) is 36.9. The number of carboxylic acid groups (broad SMARTS) is 1. The van der Waals surface area contributed by atoms with Gasteiger partial charge in [0, 0.05) is 30.4 Å². The number of likely N-dealkylation sites (N-methyl/N-ethyl adjacent to an activating group) is 1. The Bertz CT molecular complexity index is 1610. The first kappa shape index (κ1) is 39.0. The van der Waals surface area contributed by atoms with Gasteiger partial charge in [0.05, 0.1) is 31.1 Å². The van der Waals surface area contributed by atoms with Crippen LogP contribution in [-0.2, 0) is 9.59 Å². The summed E-state index contributed by atoms with van der Waals surface area (Å²) < 4.78 is 33.5. The molecule has 2 aromatic heterocycles. The van der Waals surface area contributed by atoms with Crippen molar-refractivity contribution < 1.29 is 48.3 Å². The predicted octanol–water partition coefficient (Wildman–Crippen LogP) is 1.39. The lowest BCUT2D eigenvalue weighted by molar-refractivity contribution is -0.192. The topological polar surface area (TPSA) is 209 Å². The van der Waals surface area contributed by atoms with Crippen molar-refractivity contribution in [1.29, 1.82) is 0 Å². The summed E-state index contributed by atoms with van der Waals surface area (Å²) in [6.45, 7) is 2.82. The predicted molar refractivity (Wildman–Crippen MR) is 179 cm³/mol. The molecule has 3 aromatic rings. The maximum Gasteiger partial charge on any atom is 0.490 e. The minimum atomic E-state index is -5.08. The van der Waals surface area contributed by atoms with Crippen LogP contribution < -0.4 is 15.5 Å². The van der Waals surface area contributed by atoms with Gasteiger partial charge >= 0.3 is 12.1 Å². The fourth-order valence-electron chi connectivity index (χ4n) is 5.90. The highest BCUT2D eigenvalue weighted by molar-refractivity contribution is 7.98. The van der Waals surface area contributed by atoms with Crippen LogP contribution in [0.25, 0.3) is 11.2 Å². The van der Waals surface area contributed by atoms with Crippen molar-refractivity contribution in [1.82, 2.24) is 29.7 Å². The number of aliphatic hydroxyl groups excluding tert-OH is 4. The summed E-state index contributed by atoms with van der Waals surface area (Å²) in [5.41, 5.74) is 1.49. The SMILES string of the molecule is CCC(=O)N[C@H]1C[C@@H](n2cnc3c(N[C@@H](CO)[C@@H](O)c4ccc(SC)cc4)nc(N4CC[C@@H](N(C)C)C4)nc32)[C@H](O)[C@@H]1O.O=C(O)C(F)(F)F. The molecule has 1 saturated heterocycles. The van der Waals surface area contributed by atoms with E-state index in [4.69, 9.17) is 19.9 Å². The molecule has 2 fully saturated rings. The number of fused-ring (bicyclic) bond motifs is 1. The van der Waals surface area contributed by atoms with Gasteiger partial charge in [-0.15, -0.1) is 11.8 Å². The molecule has 0 radical (unpaired) electrons. The fraction of sp³-hybridized carbons (Fsp3) is 0.581. The number of aliphatic carboxylic acids is 1. The van der Waals surface area contributed by atoms with Gasteiger partial charge in [-0.25, -0.2) is 9.78 Å². The number of imidazole rings is 1. The molecule has 7 N–H and O–H groups in total. The molecule has 1 aliphatic carbocycles. The molecule has 1 aliphatic heterocycles. The normalized spacial score (nSPS) is 23.4. The third-order valence-electron chi connectivity index (χ3n) is 8.86. The Morgan fingerprint density at radius 2 is 1.80 bits per heavy atom. The molecule has 50 heavy (non-hydrogen) atoms. The number of anilines is 2. The van der Waals surface area contributed by atoms with Crippen molar-refractivity contribution >= 4 is 46.6 Å². The number of aromatic nitrogens is 4. The largest absolute Gasteiger partial charge is 0.490 e. The molecule has 1 saturated carbocycles. The monoisotopic (exact) mass is 728 g/mol. The molecule has 3 heterocycles. The summed E-state index contributed by atoms with van der Waals surface area (Å²) in [5.74, 6) is -2.16. The maximum absolute atomic E-state index is 12.1. The quantitative estimate of drug-likeness (QED) is 0.139. The van der Waals surface area contributed by atoms with Crippen LogP contribution in [0.15, 0.2) is 35.5 Å². The number of carboxylic acids is 1. The first-order valence-corrected chi connectivity index (χ1v) is 17.1. The summed E-state index contributed by atoms with van der Waals surface area (Å²) in [6.07, 6.45) is -3.39. The zero-order valence-corrected chi connectivity index (χ0v) is 28.8. The van der Waals surface area contributed by atoms with E-state index in [1.807, 2.05) is 44.6 Å². The fourth-order valence-corrected chi connectivity index (χ4v) is 6.31. The molecule has 276 valence electrons. The van der Waals surface area contributed by atoms with Gasteiger partial charge in [-0.05, 0) is 50.9 Å². The number of hydrogen-bond acceptors (Lipinski definition) is 13. The molecule has 5 rings (SSSR count). The van der Waals surface area contributed by atoms with Crippen molar-refractivity contribution in [3.8, 4) is 0 Å². The van der Waals surface area contributed by atoms with Crippen molar-refractivity contribution in [2.45, 2.75) is 79.7 Å². The minimum Gasteiger partial charge on any atom is -0.475 e. The molecule has 0 unspecified atom stereocenters. The third kappa shape index (κ3) is 8.93. The lowest BCUT2D eigenvalue weighted by Crippen LogP contribution is -2.42. The average Bonchev–Trinajstić information content (AvgIpc) is 3.82. The number of nitrogens with one attached hydrogen (secondary N) is 2. The summed E-state index contributed by atoms with van der Waals surface area (Å²) in [4.78, 5) is 40.6. The first-order chi connectivity index (χ1) is 23.6. The number of amides is 1. The van der Waals surface area contributed by atoms with Crippen molar-refractivity contribution in [2.75, 3.05) is 50.3 Å². The molecule has 19 heteroatoms. The van der Waals surface area contributed by atoms with Crippen molar-refractivity contribution in [3.05, 3.63) is 36.2 Å². The second-order valence-electron chi connectivity index (χ2n) is 12.3. The Morgan fingerprint density at radius 1 is 1.14 bits per heavy atom. The van der Waals surface area contributed by atoms with E-state index in [9.17, 15) is 38.4 Å². The summed E-state index contributed by atoms with van der Waals surface area (Å²) >= 11 is 1.60. The molecule has 15 nitrogen and oxygen atoms in total. The number of halogens is 3. The second-order valence-corrected chi connectivity index (χ2v) is 13.2. The standard InChI is InChI=1S/C29H42N8O5S.C2HF3O2/c1-5-22(39)31-19-12-21(26(42)25(19)41)37-15-30-23-27(32-20(14-38)24(40)16-6-8-18(43-4)9-7-16)33-29(34-28(23)37)36-11-10-17(13-36)35(2)3;3-2(4,5)1(6)7/h6-9,15,17,19-21,24-26,38,40-42H,5,10-14H2,1-4H3,(H,31,39)(H,32,33,34);(H,6,7)/t17-,19+,20+,21-,24+,25-,26+;/m1./s1. The maximum atomic E-state index is 12.1. The van der Waals surface area contributed by atoms with Gasteiger partial charge in [0.1, 0.15) is 18.3 Å². The van der Waals surface area contributed by atoms with Crippen LogP contribution in [0.4, 0.5) is 24.9 Å². The van der Waals surface area contributed by atoms with E-state index >= 15 is 0 Å². The second kappa shape index (κ2) is 16.5. The summed E-state index contributed by atoms with van der Waals surface area (Å²) in [6, 6.07) is 5.84. The van der Waals surface area contributed by atoms with E-state index in [1.165, 1.54) is 0 Å². The van der Waals surface area contributed by atoms with Crippen LogP contribution in [0, 0.1) is 0 Å². The number of thioether (sulfide) groups is 1. The number of aliphatic hydroxyl groups is 4. The molecule has 7 atom stereocenters. The van der Waals surface area contributed by atoms with Gasteiger partial charge in [0.2, 0.25) is 11.9 Å². The number of carbonyl (C=O) groups excluding carboxylic acids is 1. The number of alkyl halides is 3. The van der Waals surface area contributed by atoms with E-state index in [1.54, 1.807) is 29.6 Å². The van der Waals surface area contributed by atoms with E-state index in [-0.39, 0.29) is 25.4 Å². The molecule has 1 aromatic carbocycles. The number of nitrogens with zero attached hydrogens (tertiary/aromatic N) is 6. The highest BCUT2D eigenvalue weighted by Gasteiger charge is 2.44. The van der Waals surface area contributed by atoms with Gasteiger partial charge in [-0.1, -0.05) is 19.1 Å². The van der Waals surface area contributed by atoms with Crippen molar-refractivity contribution in [2.24, 2.45) is 0 Å². The van der Waals surface area contributed by atoms with Crippen LogP contribution in [0.1, 0.15) is 43.9 Å². The van der Waals surface area contributed by atoms with E-state index in [0.29, 0.717) is 34.5 Å². The Kier molecular flexibility index (Phi) is 12.9. The number of rotatable bonds is 11. The van der Waals surface area contributed by atoms with Crippen LogP contribution in [-0.4, -0.2) is 138 Å². The Balaban J connectivity index is 0.000000727. The van der Waals surface area contributed by atoms with Gasteiger partial charge in [0.15, 0.2) is 17.0 Å². The lowest BCUT2D eigenvalue weighted by atomic mass is 10.0. The van der Waals surface area contributed by atoms with E-state index in [2.05, 4.69) is 25.4 Å². The van der Waals surface area contributed by atoms with Gasteiger partial charge in [0.25, 0.3) is 0 Å². The third-order valence-corrected chi connectivity index (χ3v) is 9.61. The minimum absolute atomic E-state index is 0.204. The Morgan fingerprint density at radius 3 is 2.34 bits per heavy atom. The average molecular weight is 729 g/mol. The first-order valence-electron chi connectivity index (χ1n) is 15.9. The highest BCUT2D eigenvalue weighted by atomic mass is 32.2. The molecule has 0 bridgehead atoms. The van der Waals surface area contributed by atoms with Crippen LogP contribution in [0.5, 0.6) is 0 Å². The molecule has 0 spiro atoms. The zero-order valence-electron chi connectivity index (χ0n) is 27.9. The smallest absolute Gasteiger partial charge is 0.475 e. The van der Waals surface area contributed by atoms with Gasteiger partial charge in [-0.2, -0.15) is 23.1 Å². The van der Waals surface area contributed by atoms with E-state index < -0.39 is 48.6 Å². The Labute approximate surface area is 290 Å². The molecular weight excluding hydrogens is 685 g/mol. The van der Waals surface area contributed by atoms with Gasteiger partial charge < -0.3 is 50.5 Å². The van der Waals surface area contributed by atoms with E-state index in [0.717, 1.165) is 24.4 Å². The molecule has 1 amide bonds. The summed E-state index contributed by atoms with van der Waals surface area (Å²) in [7, 11) is 4.08. The number of benzene rings is 1. The number of carbonyl (C=O) groups is 2. The van der Waals surface area contributed by atoms with Crippen molar-refractivity contribution in [3.63, 3.8) is 0 Å².